The van der Waals surface area contributed by atoms with Gasteiger partial charge in [0.05, 0.1) is 12.2 Å². The monoisotopic (exact) mass is 483 g/mol. The highest BCUT2D eigenvalue weighted by molar-refractivity contribution is 5.98. The summed E-state index contributed by atoms with van der Waals surface area (Å²) in [5, 5.41) is 0. The second-order valence-corrected chi connectivity index (χ2v) is 9.26. The molecule has 0 saturated carbocycles. The Labute approximate surface area is 202 Å². The fourth-order valence-electron chi connectivity index (χ4n) is 5.32. The van der Waals surface area contributed by atoms with E-state index in [0.717, 1.165) is 25.0 Å². The number of halogens is 2. The summed E-state index contributed by atoms with van der Waals surface area (Å²) in [5.41, 5.74) is -0.775. The Bertz CT molecular complexity index is 1130. The smallest absolute Gasteiger partial charge is 0.256 e. The van der Waals surface area contributed by atoms with Gasteiger partial charge in [0, 0.05) is 50.7 Å². The molecule has 3 saturated heterocycles. The van der Waals surface area contributed by atoms with E-state index in [1.165, 1.54) is 4.90 Å². The number of hydrogen-bond donors (Lipinski definition) is 0. The third kappa shape index (κ3) is 4.29. The highest BCUT2D eigenvalue weighted by Gasteiger charge is 2.55. The van der Waals surface area contributed by atoms with Crippen LogP contribution in [-0.2, 0) is 9.53 Å². The molecule has 0 aromatic heterocycles. The maximum Gasteiger partial charge on any atom is 0.256 e. The van der Waals surface area contributed by atoms with E-state index in [0.29, 0.717) is 24.7 Å². The number of hydrogen-bond acceptors (Lipinski definition) is 4. The number of rotatable bonds is 3. The van der Waals surface area contributed by atoms with E-state index >= 15 is 0 Å². The molecule has 3 amide bonds. The molecule has 3 aliphatic rings. The second-order valence-electron chi connectivity index (χ2n) is 9.26. The summed E-state index contributed by atoms with van der Waals surface area (Å²) >= 11 is 0. The summed E-state index contributed by atoms with van der Waals surface area (Å²) in [6.45, 7) is 1.84. The quantitative estimate of drug-likeness (QED) is 0.673. The molecule has 3 heterocycles. The average molecular weight is 484 g/mol. The van der Waals surface area contributed by atoms with Gasteiger partial charge in [-0.05, 0) is 37.1 Å². The van der Waals surface area contributed by atoms with E-state index in [2.05, 4.69) is 0 Å². The first kappa shape index (κ1) is 23.4. The second kappa shape index (κ2) is 9.37. The van der Waals surface area contributed by atoms with Gasteiger partial charge in [-0.25, -0.2) is 8.78 Å². The van der Waals surface area contributed by atoms with Crippen LogP contribution in [0, 0.1) is 11.6 Å². The van der Waals surface area contributed by atoms with E-state index in [-0.39, 0.29) is 49.9 Å². The van der Waals surface area contributed by atoms with Crippen LogP contribution in [0.25, 0.3) is 0 Å². The lowest BCUT2D eigenvalue weighted by atomic mass is 9.96. The van der Waals surface area contributed by atoms with Crippen LogP contribution in [0.2, 0.25) is 0 Å². The maximum absolute atomic E-state index is 14.2. The number of carbonyl (C=O) groups excluding carboxylic acids is 3. The molecule has 2 aromatic rings. The highest BCUT2D eigenvalue weighted by atomic mass is 19.1. The summed E-state index contributed by atoms with van der Waals surface area (Å²) in [6.07, 6.45) is 2.44. The third-order valence-electron chi connectivity index (χ3n) is 7.20. The zero-order chi connectivity index (χ0) is 24.6. The topological polar surface area (TPSA) is 70.2 Å². The molecule has 0 aliphatic carbocycles. The van der Waals surface area contributed by atoms with Gasteiger partial charge in [0.25, 0.3) is 11.8 Å². The first-order valence-corrected chi connectivity index (χ1v) is 12.0. The Morgan fingerprint density at radius 1 is 0.857 bits per heavy atom. The SMILES string of the molecule is O=C(c1ccc(F)cc1F)N1CCC2(CC1)OCC(C(=O)N1CCCC1)N2C(=O)c1ccccc1. The van der Waals surface area contributed by atoms with Gasteiger partial charge in [-0.3, -0.25) is 19.3 Å². The zero-order valence-electron chi connectivity index (χ0n) is 19.3. The summed E-state index contributed by atoms with van der Waals surface area (Å²) in [5.74, 6) is -2.61. The molecule has 1 spiro atoms. The Morgan fingerprint density at radius 3 is 2.20 bits per heavy atom. The van der Waals surface area contributed by atoms with Crippen LogP contribution in [0.5, 0.6) is 0 Å². The molecule has 5 rings (SSSR count). The van der Waals surface area contributed by atoms with Crippen LogP contribution in [0.4, 0.5) is 8.78 Å². The third-order valence-corrected chi connectivity index (χ3v) is 7.20. The molecule has 1 unspecified atom stereocenters. The van der Waals surface area contributed by atoms with Gasteiger partial charge >= 0.3 is 0 Å². The Kier molecular flexibility index (Phi) is 6.27. The van der Waals surface area contributed by atoms with Crippen molar-refractivity contribution >= 4 is 17.7 Å². The first-order chi connectivity index (χ1) is 16.9. The van der Waals surface area contributed by atoms with Crippen molar-refractivity contribution in [3.05, 3.63) is 71.3 Å². The Hall–Kier alpha value is -3.33. The zero-order valence-corrected chi connectivity index (χ0v) is 19.3. The van der Waals surface area contributed by atoms with Crippen molar-refractivity contribution in [1.29, 1.82) is 0 Å². The normalized spacial score (nSPS) is 21.5. The molecule has 1 atom stereocenters. The molecule has 0 radical (unpaired) electrons. The molecule has 0 N–H and O–H groups in total. The summed E-state index contributed by atoms with van der Waals surface area (Å²) in [6, 6.07) is 10.9. The van der Waals surface area contributed by atoms with E-state index < -0.39 is 29.3 Å². The maximum atomic E-state index is 14.2. The molecule has 35 heavy (non-hydrogen) atoms. The molecule has 184 valence electrons. The summed E-state index contributed by atoms with van der Waals surface area (Å²) in [7, 11) is 0. The van der Waals surface area contributed by atoms with Crippen molar-refractivity contribution in [1.82, 2.24) is 14.7 Å². The van der Waals surface area contributed by atoms with Crippen molar-refractivity contribution in [2.24, 2.45) is 0 Å². The summed E-state index contributed by atoms with van der Waals surface area (Å²) in [4.78, 5) is 44.8. The van der Waals surface area contributed by atoms with Crippen LogP contribution >= 0.6 is 0 Å². The number of piperidine rings is 1. The lowest BCUT2D eigenvalue weighted by Crippen LogP contribution is -2.60. The molecule has 3 aliphatic heterocycles. The fourth-order valence-corrected chi connectivity index (χ4v) is 5.32. The molecule has 9 heteroatoms. The van der Waals surface area contributed by atoms with Crippen LogP contribution in [0.1, 0.15) is 46.4 Å². The minimum absolute atomic E-state index is 0.0917. The van der Waals surface area contributed by atoms with E-state index in [9.17, 15) is 23.2 Å². The number of ether oxygens (including phenoxy) is 1. The van der Waals surface area contributed by atoms with Crippen LogP contribution in [-0.4, -0.2) is 77.0 Å². The molecule has 3 fully saturated rings. The number of nitrogens with zero attached hydrogens (tertiary/aromatic N) is 3. The number of likely N-dealkylation sites (tertiary alicyclic amines) is 2. The van der Waals surface area contributed by atoms with E-state index in [1.807, 2.05) is 6.07 Å². The van der Waals surface area contributed by atoms with Gasteiger partial charge in [0.2, 0.25) is 5.91 Å². The van der Waals surface area contributed by atoms with Gasteiger partial charge in [0.1, 0.15) is 23.4 Å². The van der Waals surface area contributed by atoms with Gasteiger partial charge in [-0.15, -0.1) is 0 Å². The minimum Gasteiger partial charge on any atom is -0.353 e. The van der Waals surface area contributed by atoms with Crippen molar-refractivity contribution in [3.63, 3.8) is 0 Å². The first-order valence-electron chi connectivity index (χ1n) is 12.0. The highest BCUT2D eigenvalue weighted by Crippen LogP contribution is 2.39. The molecule has 7 nitrogen and oxygen atoms in total. The molecule has 2 aromatic carbocycles. The van der Waals surface area contributed by atoms with Crippen molar-refractivity contribution < 1.29 is 27.9 Å². The van der Waals surface area contributed by atoms with Crippen LogP contribution in [0.15, 0.2) is 48.5 Å². The van der Waals surface area contributed by atoms with Gasteiger partial charge in [0.15, 0.2) is 0 Å². The molecular formula is C26H27F2N3O4. The predicted molar refractivity (Wildman–Crippen MR) is 122 cm³/mol. The standard InChI is InChI=1S/C26H27F2N3O4/c27-19-8-9-20(21(28)16-19)24(33)30-14-10-26(11-15-30)31(23(32)18-6-2-1-3-7-18)22(17-35-26)25(34)29-12-4-5-13-29/h1-3,6-9,16,22H,4-5,10-15,17H2. The lowest BCUT2D eigenvalue weighted by molar-refractivity contribution is -0.136. The number of amides is 3. The minimum atomic E-state index is -1.04. The van der Waals surface area contributed by atoms with Crippen LogP contribution in [0.3, 0.4) is 0 Å². The van der Waals surface area contributed by atoms with E-state index in [1.54, 1.807) is 34.1 Å². The molecule has 0 bridgehead atoms. The largest absolute Gasteiger partial charge is 0.353 e. The lowest BCUT2D eigenvalue weighted by Gasteiger charge is -2.44. The van der Waals surface area contributed by atoms with Crippen LogP contribution < -0.4 is 0 Å². The van der Waals surface area contributed by atoms with Crippen molar-refractivity contribution in [2.75, 3.05) is 32.8 Å². The number of benzene rings is 2. The van der Waals surface area contributed by atoms with E-state index in [4.69, 9.17) is 4.74 Å². The summed E-state index contributed by atoms with van der Waals surface area (Å²) < 4.78 is 33.7. The Morgan fingerprint density at radius 2 is 1.54 bits per heavy atom. The number of carbonyl (C=O) groups is 3. The molecular weight excluding hydrogens is 456 g/mol. The van der Waals surface area contributed by atoms with Gasteiger partial charge in [-0.1, -0.05) is 18.2 Å². The van der Waals surface area contributed by atoms with Crippen molar-refractivity contribution in [3.8, 4) is 0 Å². The van der Waals surface area contributed by atoms with Gasteiger partial charge < -0.3 is 14.5 Å². The average Bonchev–Trinajstić information content (AvgIpc) is 3.53. The Balaban J connectivity index is 1.39. The van der Waals surface area contributed by atoms with Crippen molar-refractivity contribution in [2.45, 2.75) is 37.5 Å². The fraction of sp³-hybridized carbons (Fsp3) is 0.423. The predicted octanol–water partition coefficient (Wildman–Crippen LogP) is 3.06. The van der Waals surface area contributed by atoms with Gasteiger partial charge in [-0.2, -0.15) is 0 Å².